The number of rotatable bonds is 31. The topological polar surface area (TPSA) is 52.0 Å². The second-order valence-corrected chi connectivity index (χ2v) is 17.1. The van der Waals surface area contributed by atoms with Crippen molar-refractivity contribution in [3.63, 3.8) is 0 Å². The summed E-state index contributed by atoms with van der Waals surface area (Å²) in [5, 5.41) is 0. The first-order valence-corrected chi connectivity index (χ1v) is 23.4. The lowest BCUT2D eigenvalue weighted by molar-refractivity contribution is 0.524. The van der Waals surface area contributed by atoms with E-state index >= 15 is 0 Å². The van der Waals surface area contributed by atoms with Gasteiger partial charge in [-0.2, -0.15) is 0 Å². The van der Waals surface area contributed by atoms with E-state index in [1.54, 1.807) is 0 Å². The number of aryl methyl sites for hydroxylation is 4. The molecule has 306 valence electrons. The van der Waals surface area contributed by atoms with Crippen LogP contribution < -0.4 is 11.5 Å². The number of hydrogen-bond donors (Lipinski definition) is 2. The number of anilines is 2. The number of unbranched alkanes of at least 4 members (excludes halogenated alkanes) is 19. The van der Waals surface area contributed by atoms with Crippen LogP contribution in [-0.2, 0) is 38.5 Å². The fourth-order valence-electron chi connectivity index (χ4n) is 8.31. The van der Waals surface area contributed by atoms with E-state index in [4.69, 9.17) is 11.5 Å². The van der Waals surface area contributed by atoms with Crippen LogP contribution in [0.4, 0.5) is 11.4 Å². The number of benzene rings is 4. The van der Waals surface area contributed by atoms with Gasteiger partial charge in [-0.05, 0) is 121 Å². The maximum Gasteiger partial charge on any atom is 0.0346 e. The molecule has 0 unspecified atom stereocenters. The van der Waals surface area contributed by atoms with Crippen molar-refractivity contribution >= 4 is 11.4 Å². The Balaban J connectivity index is 0.887. The quantitative estimate of drug-likeness (QED) is 0.0397. The van der Waals surface area contributed by atoms with Crippen molar-refractivity contribution in [1.82, 2.24) is 0 Å². The van der Waals surface area contributed by atoms with E-state index in [2.05, 4.69) is 98.8 Å². The SMILES string of the molecule is CCCCc1cc(Cc2ccc(CCCCCCCCCCCCCCCCCCCCc3ccc(Cc4ccc(N)c(CCCC)c4)cc3)cc2)ccc1N. The van der Waals surface area contributed by atoms with Gasteiger partial charge in [-0.3, -0.25) is 0 Å². The average Bonchev–Trinajstić information content (AvgIpc) is 3.21. The largest absolute Gasteiger partial charge is 0.399 e. The van der Waals surface area contributed by atoms with Gasteiger partial charge in [-0.25, -0.2) is 0 Å². The molecule has 0 aliphatic heterocycles. The van der Waals surface area contributed by atoms with E-state index in [0.29, 0.717) is 0 Å². The Kier molecular flexibility index (Phi) is 22.6. The molecular weight excluding hydrogens is 677 g/mol. The van der Waals surface area contributed by atoms with E-state index in [9.17, 15) is 0 Å². The summed E-state index contributed by atoms with van der Waals surface area (Å²) in [5.41, 5.74) is 25.4. The Bertz CT molecular complexity index is 1460. The minimum atomic E-state index is 0.943. The maximum atomic E-state index is 6.21. The third-order valence-corrected chi connectivity index (χ3v) is 12.1. The number of hydrogen-bond acceptors (Lipinski definition) is 2. The molecule has 2 nitrogen and oxygen atoms in total. The molecule has 56 heavy (non-hydrogen) atoms. The highest BCUT2D eigenvalue weighted by Crippen LogP contribution is 2.22. The third-order valence-electron chi connectivity index (χ3n) is 12.1. The zero-order chi connectivity index (χ0) is 39.5. The smallest absolute Gasteiger partial charge is 0.0346 e. The lowest BCUT2D eigenvalue weighted by Gasteiger charge is -2.09. The summed E-state index contributed by atoms with van der Waals surface area (Å²) in [4.78, 5) is 0. The van der Waals surface area contributed by atoms with Gasteiger partial charge in [0.05, 0.1) is 0 Å². The first kappa shape index (κ1) is 45.2. The van der Waals surface area contributed by atoms with Gasteiger partial charge < -0.3 is 11.5 Å². The van der Waals surface area contributed by atoms with E-state index in [1.165, 1.54) is 199 Å². The Hall–Kier alpha value is -3.52. The third kappa shape index (κ3) is 18.6. The van der Waals surface area contributed by atoms with Crippen LogP contribution in [0.25, 0.3) is 0 Å². The first-order valence-electron chi connectivity index (χ1n) is 23.4. The Morgan fingerprint density at radius 1 is 0.286 bits per heavy atom. The number of nitrogen functional groups attached to an aromatic ring is 2. The first-order chi connectivity index (χ1) is 27.5. The predicted molar refractivity (Wildman–Crippen MR) is 248 cm³/mol. The van der Waals surface area contributed by atoms with E-state index in [0.717, 1.165) is 37.1 Å². The van der Waals surface area contributed by atoms with Crippen molar-refractivity contribution in [1.29, 1.82) is 0 Å². The molecule has 0 bridgehead atoms. The molecule has 4 rings (SSSR count). The molecule has 0 saturated carbocycles. The molecule has 0 spiro atoms. The fourth-order valence-corrected chi connectivity index (χ4v) is 8.31. The molecule has 0 fully saturated rings. The standard InChI is InChI=1S/C54H80N2/c1-3-5-27-51-43-49(37-39-53(51)55)41-47-33-29-45(30-34-47)25-23-21-19-17-15-13-11-9-7-8-10-12-14-16-18-20-22-24-26-46-31-35-48(36-32-46)42-50-38-40-54(56)52(44-50)28-6-4-2/h29-40,43-44H,3-28,41-42,55-56H2,1-2H3. The van der Waals surface area contributed by atoms with Crippen LogP contribution >= 0.6 is 0 Å². The average molecular weight is 757 g/mol. The molecule has 4 aromatic rings. The van der Waals surface area contributed by atoms with Crippen LogP contribution in [0.2, 0.25) is 0 Å². The van der Waals surface area contributed by atoms with Gasteiger partial charge in [0.15, 0.2) is 0 Å². The summed E-state index contributed by atoms with van der Waals surface area (Å²) in [7, 11) is 0. The van der Waals surface area contributed by atoms with E-state index in [1.807, 2.05) is 0 Å². The van der Waals surface area contributed by atoms with Gasteiger partial charge in [0.25, 0.3) is 0 Å². The highest BCUT2D eigenvalue weighted by atomic mass is 14.6. The van der Waals surface area contributed by atoms with E-state index in [-0.39, 0.29) is 0 Å². The second-order valence-electron chi connectivity index (χ2n) is 17.1. The zero-order valence-electron chi connectivity index (χ0n) is 36.0. The molecule has 0 aliphatic carbocycles. The minimum absolute atomic E-state index is 0.943. The van der Waals surface area contributed by atoms with Gasteiger partial charge in [0, 0.05) is 11.4 Å². The van der Waals surface area contributed by atoms with Gasteiger partial charge in [-0.1, -0.05) is 202 Å². The minimum Gasteiger partial charge on any atom is -0.399 e. The van der Waals surface area contributed by atoms with Crippen molar-refractivity contribution < 1.29 is 0 Å². The molecule has 0 heterocycles. The van der Waals surface area contributed by atoms with Crippen LogP contribution in [0, 0.1) is 0 Å². The lowest BCUT2D eigenvalue weighted by Crippen LogP contribution is -1.97. The normalized spacial score (nSPS) is 11.4. The van der Waals surface area contributed by atoms with Gasteiger partial charge in [-0.15, -0.1) is 0 Å². The summed E-state index contributed by atoms with van der Waals surface area (Å²) in [5.74, 6) is 0. The highest BCUT2D eigenvalue weighted by molar-refractivity contribution is 5.50. The van der Waals surface area contributed by atoms with Crippen molar-refractivity contribution in [2.75, 3.05) is 11.5 Å². The maximum absolute atomic E-state index is 6.21. The highest BCUT2D eigenvalue weighted by Gasteiger charge is 2.06. The second kappa shape index (κ2) is 28.0. The van der Waals surface area contributed by atoms with Crippen molar-refractivity contribution in [2.24, 2.45) is 0 Å². The summed E-state index contributed by atoms with van der Waals surface area (Å²) < 4.78 is 0. The van der Waals surface area contributed by atoms with Gasteiger partial charge in [0.1, 0.15) is 0 Å². The Morgan fingerprint density at radius 2 is 0.554 bits per heavy atom. The summed E-state index contributed by atoms with van der Waals surface area (Å²) in [6, 6.07) is 31.9. The molecule has 0 aliphatic rings. The Morgan fingerprint density at radius 3 is 0.857 bits per heavy atom. The monoisotopic (exact) mass is 757 g/mol. The van der Waals surface area contributed by atoms with Crippen LogP contribution in [0.3, 0.4) is 0 Å². The van der Waals surface area contributed by atoms with E-state index < -0.39 is 0 Å². The number of nitrogens with two attached hydrogens (primary N) is 2. The van der Waals surface area contributed by atoms with Crippen LogP contribution in [0.5, 0.6) is 0 Å². The van der Waals surface area contributed by atoms with Gasteiger partial charge >= 0.3 is 0 Å². The molecule has 2 heteroatoms. The molecular formula is C54H80N2. The lowest BCUT2D eigenvalue weighted by atomic mass is 9.97. The van der Waals surface area contributed by atoms with Gasteiger partial charge in [0.2, 0.25) is 0 Å². The van der Waals surface area contributed by atoms with Crippen LogP contribution in [0.15, 0.2) is 84.9 Å². The summed E-state index contributed by atoms with van der Waals surface area (Å²) >= 11 is 0. The van der Waals surface area contributed by atoms with Crippen molar-refractivity contribution in [3.8, 4) is 0 Å². The summed E-state index contributed by atoms with van der Waals surface area (Å²) in [6.45, 7) is 4.48. The molecule has 0 atom stereocenters. The van der Waals surface area contributed by atoms with Crippen molar-refractivity contribution in [3.05, 3.63) is 129 Å². The molecule has 0 amide bonds. The molecule has 0 radical (unpaired) electrons. The van der Waals surface area contributed by atoms with Crippen LogP contribution in [0.1, 0.15) is 200 Å². The molecule has 4 aromatic carbocycles. The fraction of sp³-hybridized carbons (Fsp3) is 0.556. The molecule has 0 aromatic heterocycles. The van der Waals surface area contributed by atoms with Crippen molar-refractivity contribution in [2.45, 2.75) is 194 Å². The Labute approximate surface area is 344 Å². The molecule has 0 saturated heterocycles. The molecule has 4 N–H and O–H groups in total. The zero-order valence-corrected chi connectivity index (χ0v) is 36.0. The summed E-state index contributed by atoms with van der Waals surface area (Å²) in [6.07, 6.45) is 36.8. The van der Waals surface area contributed by atoms with Crippen LogP contribution in [-0.4, -0.2) is 0 Å². The predicted octanol–water partition coefficient (Wildman–Crippen LogP) is 15.5.